The van der Waals surface area contributed by atoms with Crippen molar-refractivity contribution in [2.24, 2.45) is 5.73 Å². The predicted molar refractivity (Wildman–Crippen MR) is 75.8 cm³/mol. The van der Waals surface area contributed by atoms with Gasteiger partial charge in [-0.25, -0.2) is 4.98 Å². The average molecular weight is 276 g/mol. The van der Waals surface area contributed by atoms with Gasteiger partial charge in [0.2, 0.25) is 5.91 Å². The van der Waals surface area contributed by atoms with Crippen molar-refractivity contribution in [1.82, 2.24) is 4.98 Å². The van der Waals surface area contributed by atoms with Crippen molar-refractivity contribution in [3.05, 3.63) is 23.9 Å². The highest BCUT2D eigenvalue weighted by Crippen LogP contribution is 2.05. The minimum Gasteiger partial charge on any atom is -0.320 e. The van der Waals surface area contributed by atoms with E-state index in [0.717, 1.165) is 11.4 Å². The number of nitrogens with zero attached hydrogens (tertiary/aromatic N) is 1. The zero-order chi connectivity index (χ0) is 12.0. The number of aromatic nitrogens is 1. The van der Waals surface area contributed by atoms with Crippen LogP contribution in [0.4, 0.5) is 5.82 Å². The normalized spacial score (nSPS) is 11.5. The number of nitrogens with two attached hydrogens (primary N) is 1. The number of halogens is 1. The Morgan fingerprint density at radius 1 is 1.59 bits per heavy atom. The molecule has 0 aromatic carbocycles. The molecule has 1 rings (SSSR count). The monoisotopic (exact) mass is 275 g/mol. The summed E-state index contributed by atoms with van der Waals surface area (Å²) in [5.41, 5.74) is 6.61. The van der Waals surface area contributed by atoms with E-state index in [1.807, 2.05) is 25.3 Å². The van der Waals surface area contributed by atoms with E-state index in [0.29, 0.717) is 12.2 Å². The Morgan fingerprint density at radius 3 is 2.88 bits per heavy atom. The summed E-state index contributed by atoms with van der Waals surface area (Å²) in [5.74, 6) is 1.27. The summed E-state index contributed by atoms with van der Waals surface area (Å²) in [6.45, 7) is 1.88. The van der Waals surface area contributed by atoms with Gasteiger partial charge in [0.25, 0.3) is 0 Å². The van der Waals surface area contributed by atoms with Gasteiger partial charge >= 0.3 is 0 Å². The molecule has 0 spiro atoms. The van der Waals surface area contributed by atoms with Gasteiger partial charge in [0.05, 0.1) is 6.04 Å². The molecule has 4 nitrogen and oxygen atoms in total. The lowest BCUT2D eigenvalue weighted by atomic mass is 10.2. The van der Waals surface area contributed by atoms with E-state index >= 15 is 0 Å². The van der Waals surface area contributed by atoms with Crippen molar-refractivity contribution in [3.8, 4) is 0 Å². The molecule has 6 heteroatoms. The van der Waals surface area contributed by atoms with Gasteiger partial charge in [-0.1, -0.05) is 6.07 Å². The van der Waals surface area contributed by atoms with Crippen molar-refractivity contribution < 1.29 is 4.79 Å². The number of hydrogen-bond donors (Lipinski definition) is 2. The van der Waals surface area contributed by atoms with Crippen molar-refractivity contribution in [1.29, 1.82) is 0 Å². The van der Waals surface area contributed by atoms with Gasteiger partial charge in [-0.3, -0.25) is 4.79 Å². The molecule has 1 atom stereocenters. The molecular formula is C11H18ClN3OS. The SMILES string of the molecule is CSCC[C@H](N)C(=O)Nc1cccc(C)n1.Cl. The number of aryl methyl sites for hydroxylation is 1. The molecule has 1 heterocycles. The largest absolute Gasteiger partial charge is 0.320 e. The number of thioether (sulfide) groups is 1. The van der Waals surface area contributed by atoms with Crippen LogP contribution in [0.2, 0.25) is 0 Å². The summed E-state index contributed by atoms with van der Waals surface area (Å²) < 4.78 is 0. The highest BCUT2D eigenvalue weighted by molar-refractivity contribution is 7.98. The summed E-state index contributed by atoms with van der Waals surface area (Å²) in [6, 6.07) is 5.02. The van der Waals surface area contributed by atoms with Gasteiger partial charge in [-0.05, 0) is 37.5 Å². The number of nitrogens with one attached hydrogen (secondary N) is 1. The first-order valence-electron chi connectivity index (χ1n) is 5.12. The fourth-order valence-corrected chi connectivity index (χ4v) is 1.70. The first-order chi connectivity index (χ1) is 7.63. The van der Waals surface area contributed by atoms with Crippen LogP contribution in [0, 0.1) is 6.92 Å². The second-order valence-electron chi connectivity index (χ2n) is 3.54. The molecule has 96 valence electrons. The molecule has 0 aliphatic rings. The van der Waals surface area contributed by atoms with E-state index in [-0.39, 0.29) is 18.3 Å². The zero-order valence-electron chi connectivity index (χ0n) is 9.97. The molecule has 0 aliphatic carbocycles. The minimum atomic E-state index is -0.463. The summed E-state index contributed by atoms with van der Waals surface area (Å²) in [7, 11) is 0. The van der Waals surface area contributed by atoms with Gasteiger partial charge in [-0.2, -0.15) is 11.8 Å². The fourth-order valence-electron chi connectivity index (χ4n) is 1.21. The topological polar surface area (TPSA) is 68.0 Å². The summed E-state index contributed by atoms with van der Waals surface area (Å²) in [5, 5.41) is 2.71. The van der Waals surface area contributed by atoms with Crippen molar-refractivity contribution in [2.45, 2.75) is 19.4 Å². The number of pyridine rings is 1. The van der Waals surface area contributed by atoms with Crippen LogP contribution in [0.3, 0.4) is 0 Å². The van der Waals surface area contributed by atoms with Crippen molar-refractivity contribution in [2.75, 3.05) is 17.3 Å². The third-order valence-electron chi connectivity index (χ3n) is 2.11. The van der Waals surface area contributed by atoms with E-state index in [2.05, 4.69) is 10.3 Å². The van der Waals surface area contributed by atoms with E-state index in [4.69, 9.17) is 5.73 Å². The lowest BCUT2D eigenvalue weighted by molar-refractivity contribution is -0.117. The maximum Gasteiger partial charge on any atom is 0.242 e. The van der Waals surface area contributed by atoms with Crippen LogP contribution in [0.5, 0.6) is 0 Å². The van der Waals surface area contributed by atoms with Crippen molar-refractivity contribution in [3.63, 3.8) is 0 Å². The number of carbonyl (C=O) groups is 1. The molecule has 17 heavy (non-hydrogen) atoms. The van der Waals surface area contributed by atoms with E-state index < -0.39 is 6.04 Å². The molecule has 3 N–H and O–H groups in total. The van der Waals surface area contributed by atoms with Crippen LogP contribution in [0.25, 0.3) is 0 Å². The fraction of sp³-hybridized carbons (Fsp3) is 0.455. The van der Waals surface area contributed by atoms with Gasteiger partial charge < -0.3 is 11.1 Å². The molecule has 0 fully saturated rings. The maximum atomic E-state index is 11.6. The van der Waals surface area contributed by atoms with Gasteiger partial charge in [-0.15, -0.1) is 12.4 Å². The number of amides is 1. The molecule has 1 aromatic rings. The Balaban J connectivity index is 0.00000256. The Kier molecular flexibility index (Phi) is 7.95. The van der Waals surface area contributed by atoms with Crippen LogP contribution < -0.4 is 11.1 Å². The molecule has 0 aliphatic heterocycles. The number of carbonyl (C=O) groups excluding carboxylic acids is 1. The Labute approximate surface area is 112 Å². The number of rotatable bonds is 5. The molecule has 0 unspecified atom stereocenters. The van der Waals surface area contributed by atoms with E-state index in [1.54, 1.807) is 17.8 Å². The quantitative estimate of drug-likeness (QED) is 0.860. The molecule has 0 bridgehead atoms. The lowest BCUT2D eigenvalue weighted by Crippen LogP contribution is -2.36. The molecule has 0 saturated carbocycles. The first-order valence-corrected chi connectivity index (χ1v) is 6.52. The van der Waals surface area contributed by atoms with Gasteiger partial charge in [0.1, 0.15) is 5.82 Å². The summed E-state index contributed by atoms with van der Waals surface area (Å²) >= 11 is 1.68. The Hall–Kier alpha value is -0.780. The van der Waals surface area contributed by atoms with Gasteiger partial charge in [0, 0.05) is 5.69 Å². The molecule has 0 radical (unpaired) electrons. The van der Waals surface area contributed by atoms with E-state index in [1.165, 1.54) is 0 Å². The highest BCUT2D eigenvalue weighted by atomic mass is 35.5. The number of anilines is 1. The standard InChI is InChI=1S/C11H17N3OS.ClH/c1-8-4-3-5-10(13-8)14-11(15)9(12)6-7-16-2;/h3-5,9H,6-7,12H2,1-2H3,(H,13,14,15);1H/t9-;/m0./s1. The maximum absolute atomic E-state index is 11.6. The highest BCUT2D eigenvalue weighted by Gasteiger charge is 2.13. The molecular weight excluding hydrogens is 258 g/mol. The van der Waals surface area contributed by atoms with Gasteiger partial charge in [0.15, 0.2) is 0 Å². The average Bonchev–Trinajstić information content (AvgIpc) is 2.25. The number of hydrogen-bond acceptors (Lipinski definition) is 4. The summed E-state index contributed by atoms with van der Waals surface area (Å²) in [4.78, 5) is 15.8. The molecule has 0 saturated heterocycles. The van der Waals surface area contributed by atoms with E-state index in [9.17, 15) is 4.79 Å². The van der Waals surface area contributed by atoms with Crippen LogP contribution >= 0.6 is 24.2 Å². The second kappa shape index (κ2) is 8.33. The molecule has 1 amide bonds. The second-order valence-corrected chi connectivity index (χ2v) is 4.53. The third kappa shape index (κ3) is 5.91. The molecule has 1 aromatic heterocycles. The Bertz CT molecular complexity index is 362. The van der Waals surface area contributed by atoms with Crippen LogP contribution in [-0.4, -0.2) is 28.9 Å². The van der Waals surface area contributed by atoms with Crippen LogP contribution in [0.1, 0.15) is 12.1 Å². The third-order valence-corrected chi connectivity index (χ3v) is 2.75. The first kappa shape index (κ1) is 16.2. The zero-order valence-corrected chi connectivity index (χ0v) is 11.6. The smallest absolute Gasteiger partial charge is 0.242 e. The summed E-state index contributed by atoms with van der Waals surface area (Å²) in [6.07, 6.45) is 2.67. The predicted octanol–water partition coefficient (Wildman–Crippen LogP) is 1.83. The van der Waals surface area contributed by atoms with Crippen LogP contribution in [-0.2, 0) is 4.79 Å². The Morgan fingerprint density at radius 2 is 2.29 bits per heavy atom. The van der Waals surface area contributed by atoms with Crippen molar-refractivity contribution >= 4 is 35.9 Å². The lowest BCUT2D eigenvalue weighted by Gasteiger charge is -2.11. The van der Waals surface area contributed by atoms with Crippen LogP contribution in [0.15, 0.2) is 18.2 Å². The minimum absolute atomic E-state index is 0.